The molecule has 3 heterocycles. The average Bonchev–Trinajstić information content (AvgIpc) is 3.33. The lowest BCUT2D eigenvalue weighted by Crippen LogP contribution is -2.34. The van der Waals surface area contributed by atoms with E-state index in [-0.39, 0.29) is 0 Å². The first-order chi connectivity index (χ1) is 15.1. The van der Waals surface area contributed by atoms with E-state index in [0.29, 0.717) is 17.6 Å². The van der Waals surface area contributed by atoms with E-state index in [9.17, 15) is 0 Å². The number of thiocarbonyl (C=S) groups is 1. The molecular weight excluding hydrogens is 408 g/mol. The summed E-state index contributed by atoms with van der Waals surface area (Å²) in [5.41, 5.74) is 1.12. The Labute approximate surface area is 190 Å². The van der Waals surface area contributed by atoms with Crippen molar-refractivity contribution in [2.24, 2.45) is 5.92 Å². The minimum atomic E-state index is 0.521. The maximum atomic E-state index is 5.52. The van der Waals surface area contributed by atoms with Gasteiger partial charge in [0.15, 0.2) is 5.11 Å². The van der Waals surface area contributed by atoms with E-state index in [1.165, 1.54) is 25.7 Å². The fourth-order valence-electron chi connectivity index (χ4n) is 4.06. The van der Waals surface area contributed by atoms with Crippen LogP contribution < -0.4 is 25.2 Å². The van der Waals surface area contributed by atoms with Crippen LogP contribution in [-0.4, -0.2) is 48.4 Å². The van der Waals surface area contributed by atoms with Crippen LogP contribution in [0.4, 0.5) is 17.6 Å². The van der Waals surface area contributed by atoms with Crippen molar-refractivity contribution in [1.82, 2.24) is 15.3 Å². The van der Waals surface area contributed by atoms with Gasteiger partial charge in [-0.3, -0.25) is 0 Å². The molecule has 0 bridgehead atoms. The summed E-state index contributed by atoms with van der Waals surface area (Å²) in [5.74, 6) is 4.16. The summed E-state index contributed by atoms with van der Waals surface area (Å²) in [6, 6.07) is 10.1. The minimum Gasteiger partial charge on any atom is -0.497 e. The van der Waals surface area contributed by atoms with Crippen molar-refractivity contribution in [3.8, 4) is 5.75 Å². The lowest BCUT2D eigenvalue weighted by Gasteiger charge is -2.32. The standard InChI is InChI=1S/C23H32N6OS/c1-17-9-13-29(14-10-17)21-15-20(28-11-3-4-12-28)25-22(26-21)27-23(31)24-16-18-5-7-19(30-2)8-6-18/h5-8,15,17H,3-4,9-14,16H2,1-2H3,(H2,24,25,26,27,31). The Bertz CT molecular complexity index is 876. The highest BCUT2D eigenvalue weighted by Gasteiger charge is 2.21. The smallest absolute Gasteiger partial charge is 0.232 e. The number of rotatable bonds is 6. The van der Waals surface area contributed by atoms with E-state index < -0.39 is 0 Å². The molecule has 2 fully saturated rings. The van der Waals surface area contributed by atoms with Gasteiger partial charge in [0, 0.05) is 38.8 Å². The van der Waals surface area contributed by atoms with Crippen LogP contribution in [0.1, 0.15) is 38.2 Å². The van der Waals surface area contributed by atoms with Crippen LogP contribution in [-0.2, 0) is 6.54 Å². The van der Waals surface area contributed by atoms with Crippen molar-refractivity contribution in [3.63, 3.8) is 0 Å². The summed E-state index contributed by atoms with van der Waals surface area (Å²) in [6.45, 7) is 7.13. The van der Waals surface area contributed by atoms with Crippen LogP contribution in [0, 0.1) is 5.92 Å². The Kier molecular flexibility index (Phi) is 7.06. The largest absolute Gasteiger partial charge is 0.497 e. The third kappa shape index (κ3) is 5.76. The molecule has 1 aromatic heterocycles. The van der Waals surface area contributed by atoms with Gasteiger partial charge in [-0.05, 0) is 61.5 Å². The molecule has 0 spiro atoms. The van der Waals surface area contributed by atoms with E-state index >= 15 is 0 Å². The number of aromatic nitrogens is 2. The molecule has 2 saturated heterocycles. The predicted octanol–water partition coefficient (Wildman–Crippen LogP) is 3.81. The van der Waals surface area contributed by atoms with Crippen LogP contribution in [0.15, 0.2) is 30.3 Å². The molecule has 0 amide bonds. The molecule has 8 heteroatoms. The highest BCUT2D eigenvalue weighted by atomic mass is 32.1. The van der Waals surface area contributed by atoms with Gasteiger partial charge in [-0.2, -0.15) is 9.97 Å². The Morgan fingerprint density at radius 1 is 1.03 bits per heavy atom. The second-order valence-electron chi connectivity index (χ2n) is 8.43. The second-order valence-corrected chi connectivity index (χ2v) is 8.84. The third-order valence-electron chi connectivity index (χ3n) is 6.07. The van der Waals surface area contributed by atoms with Crippen molar-refractivity contribution < 1.29 is 4.74 Å². The summed E-state index contributed by atoms with van der Waals surface area (Å²) >= 11 is 5.52. The van der Waals surface area contributed by atoms with E-state index in [2.05, 4.69) is 33.4 Å². The number of hydrogen-bond acceptors (Lipinski definition) is 6. The van der Waals surface area contributed by atoms with Gasteiger partial charge < -0.3 is 25.2 Å². The van der Waals surface area contributed by atoms with Crippen molar-refractivity contribution in [2.45, 2.75) is 39.2 Å². The SMILES string of the molecule is COc1ccc(CNC(=S)Nc2nc(N3CCCC3)cc(N3CCC(C)CC3)n2)cc1. The fourth-order valence-corrected chi connectivity index (χ4v) is 4.22. The number of anilines is 3. The molecule has 0 unspecified atom stereocenters. The Hall–Kier alpha value is -2.61. The quantitative estimate of drug-likeness (QED) is 0.658. The van der Waals surface area contributed by atoms with E-state index in [4.69, 9.17) is 26.9 Å². The van der Waals surface area contributed by atoms with E-state index in [0.717, 1.165) is 55.0 Å². The van der Waals surface area contributed by atoms with Crippen LogP contribution in [0.25, 0.3) is 0 Å². The molecular formula is C23H32N6OS. The number of benzene rings is 1. The molecule has 2 aromatic rings. The zero-order valence-corrected chi connectivity index (χ0v) is 19.2. The predicted molar refractivity (Wildman–Crippen MR) is 130 cm³/mol. The monoisotopic (exact) mass is 440 g/mol. The Morgan fingerprint density at radius 2 is 1.65 bits per heavy atom. The molecule has 0 radical (unpaired) electrons. The Morgan fingerprint density at radius 3 is 2.26 bits per heavy atom. The van der Waals surface area contributed by atoms with Gasteiger partial charge in [0.25, 0.3) is 0 Å². The Balaban J connectivity index is 1.44. The zero-order chi connectivity index (χ0) is 21.6. The molecule has 7 nitrogen and oxygen atoms in total. The van der Waals surface area contributed by atoms with Gasteiger partial charge in [0.1, 0.15) is 17.4 Å². The molecule has 0 atom stereocenters. The van der Waals surface area contributed by atoms with Gasteiger partial charge in [0.05, 0.1) is 7.11 Å². The maximum absolute atomic E-state index is 5.52. The van der Waals surface area contributed by atoms with Crippen LogP contribution in [0.5, 0.6) is 5.75 Å². The second kappa shape index (κ2) is 10.1. The summed E-state index contributed by atoms with van der Waals surface area (Å²) in [5, 5.41) is 6.98. The number of methoxy groups -OCH3 is 1. The molecule has 4 rings (SSSR count). The number of ether oxygens (including phenoxy) is 1. The molecule has 31 heavy (non-hydrogen) atoms. The molecule has 2 aliphatic heterocycles. The highest BCUT2D eigenvalue weighted by molar-refractivity contribution is 7.80. The molecule has 2 N–H and O–H groups in total. The average molecular weight is 441 g/mol. The van der Waals surface area contributed by atoms with Crippen molar-refractivity contribution >= 4 is 34.9 Å². The lowest BCUT2D eigenvalue weighted by atomic mass is 9.99. The van der Waals surface area contributed by atoms with Crippen molar-refractivity contribution in [2.75, 3.05) is 48.4 Å². The number of nitrogens with one attached hydrogen (secondary N) is 2. The first kappa shape index (κ1) is 21.6. The molecule has 2 aliphatic rings. The van der Waals surface area contributed by atoms with Crippen LogP contribution in [0.2, 0.25) is 0 Å². The number of hydrogen-bond donors (Lipinski definition) is 2. The van der Waals surface area contributed by atoms with Crippen molar-refractivity contribution in [1.29, 1.82) is 0 Å². The zero-order valence-electron chi connectivity index (χ0n) is 18.4. The minimum absolute atomic E-state index is 0.521. The van der Waals surface area contributed by atoms with Gasteiger partial charge in [-0.1, -0.05) is 19.1 Å². The highest BCUT2D eigenvalue weighted by Crippen LogP contribution is 2.27. The summed E-state index contributed by atoms with van der Waals surface area (Å²) < 4.78 is 5.21. The van der Waals surface area contributed by atoms with E-state index in [1.54, 1.807) is 7.11 Å². The maximum Gasteiger partial charge on any atom is 0.232 e. The van der Waals surface area contributed by atoms with Gasteiger partial charge >= 0.3 is 0 Å². The fraction of sp³-hybridized carbons (Fsp3) is 0.522. The van der Waals surface area contributed by atoms with Gasteiger partial charge in [0.2, 0.25) is 5.95 Å². The molecule has 166 valence electrons. The lowest BCUT2D eigenvalue weighted by molar-refractivity contribution is 0.414. The first-order valence-electron chi connectivity index (χ1n) is 11.2. The van der Waals surface area contributed by atoms with Gasteiger partial charge in [-0.15, -0.1) is 0 Å². The van der Waals surface area contributed by atoms with Crippen molar-refractivity contribution in [3.05, 3.63) is 35.9 Å². The summed E-state index contributed by atoms with van der Waals surface area (Å²) in [7, 11) is 1.67. The molecule has 0 saturated carbocycles. The van der Waals surface area contributed by atoms with Crippen LogP contribution in [0.3, 0.4) is 0 Å². The topological polar surface area (TPSA) is 65.6 Å². The molecule has 0 aliphatic carbocycles. The van der Waals surface area contributed by atoms with Crippen LogP contribution >= 0.6 is 12.2 Å². The summed E-state index contributed by atoms with van der Waals surface area (Å²) in [6.07, 6.45) is 4.83. The number of nitrogens with zero attached hydrogens (tertiary/aromatic N) is 4. The normalized spacial score (nSPS) is 17.0. The number of piperidine rings is 1. The summed E-state index contributed by atoms with van der Waals surface area (Å²) in [4.78, 5) is 14.3. The third-order valence-corrected chi connectivity index (χ3v) is 6.32. The molecule has 1 aromatic carbocycles. The van der Waals surface area contributed by atoms with E-state index in [1.807, 2.05) is 24.3 Å². The van der Waals surface area contributed by atoms with Gasteiger partial charge in [-0.25, -0.2) is 0 Å². The first-order valence-corrected chi connectivity index (χ1v) is 11.6.